The predicted molar refractivity (Wildman–Crippen MR) is 111 cm³/mol. The number of nitrogens with one attached hydrogen (secondary N) is 1. The number of hydrogen-bond donors (Lipinski definition) is 1. The molecule has 0 aliphatic rings. The van der Waals surface area contributed by atoms with Crippen LogP contribution in [0.5, 0.6) is 11.5 Å². The van der Waals surface area contributed by atoms with Gasteiger partial charge in [-0.3, -0.25) is 19.2 Å². The molecule has 1 amide bonds. The number of carbonyl (C=O) groups excluding carboxylic acids is 1. The SMILES string of the molecule is COc1ccc(N(CC(=O)N/N=C\c2cccc([N+](=O)[O-])c2)S(C)(=O)=O)cc1OC. The van der Waals surface area contributed by atoms with Crippen molar-refractivity contribution in [3.05, 3.63) is 58.1 Å². The molecular formula is C18H20N4O7S. The molecule has 0 aromatic heterocycles. The van der Waals surface area contributed by atoms with Gasteiger partial charge < -0.3 is 9.47 Å². The molecule has 160 valence electrons. The first-order valence-electron chi connectivity index (χ1n) is 8.42. The molecule has 0 spiro atoms. The molecule has 30 heavy (non-hydrogen) atoms. The molecule has 0 aliphatic heterocycles. The van der Waals surface area contributed by atoms with E-state index in [1.807, 2.05) is 0 Å². The Labute approximate surface area is 173 Å². The molecule has 0 heterocycles. The van der Waals surface area contributed by atoms with Gasteiger partial charge in [-0.2, -0.15) is 5.10 Å². The lowest BCUT2D eigenvalue weighted by atomic mass is 10.2. The van der Waals surface area contributed by atoms with Crippen LogP contribution in [0.4, 0.5) is 11.4 Å². The second-order valence-electron chi connectivity index (χ2n) is 5.95. The third-order valence-electron chi connectivity index (χ3n) is 3.83. The van der Waals surface area contributed by atoms with Gasteiger partial charge in [-0.25, -0.2) is 13.8 Å². The van der Waals surface area contributed by atoms with E-state index >= 15 is 0 Å². The lowest BCUT2D eigenvalue weighted by molar-refractivity contribution is -0.384. The monoisotopic (exact) mass is 436 g/mol. The number of nitro groups is 1. The van der Waals surface area contributed by atoms with E-state index in [-0.39, 0.29) is 11.4 Å². The van der Waals surface area contributed by atoms with Crippen molar-refractivity contribution in [2.24, 2.45) is 5.10 Å². The van der Waals surface area contributed by atoms with Gasteiger partial charge in [0.2, 0.25) is 10.0 Å². The Bertz CT molecular complexity index is 1070. The number of hydrogen-bond acceptors (Lipinski definition) is 8. The molecule has 0 atom stereocenters. The Hall–Kier alpha value is -3.67. The van der Waals surface area contributed by atoms with Gasteiger partial charge in [0.25, 0.3) is 11.6 Å². The number of nitrogens with zero attached hydrogens (tertiary/aromatic N) is 3. The molecule has 0 unspecified atom stereocenters. The van der Waals surface area contributed by atoms with E-state index in [0.717, 1.165) is 10.6 Å². The van der Waals surface area contributed by atoms with Gasteiger partial charge in [0, 0.05) is 23.8 Å². The van der Waals surface area contributed by atoms with Gasteiger partial charge in [-0.1, -0.05) is 12.1 Å². The van der Waals surface area contributed by atoms with E-state index in [0.29, 0.717) is 17.1 Å². The molecular weight excluding hydrogens is 416 g/mol. The number of non-ortho nitro benzene ring substituents is 1. The van der Waals surface area contributed by atoms with E-state index in [2.05, 4.69) is 10.5 Å². The number of ether oxygens (including phenoxy) is 2. The van der Waals surface area contributed by atoms with Crippen LogP contribution in [0.1, 0.15) is 5.56 Å². The van der Waals surface area contributed by atoms with Crippen LogP contribution < -0.4 is 19.2 Å². The number of nitro benzene ring substituents is 1. The Kier molecular flexibility index (Phi) is 7.31. The van der Waals surface area contributed by atoms with Crippen molar-refractivity contribution in [1.82, 2.24) is 5.43 Å². The summed E-state index contributed by atoms with van der Waals surface area (Å²) in [5, 5.41) is 14.5. The van der Waals surface area contributed by atoms with Crippen molar-refractivity contribution in [3.63, 3.8) is 0 Å². The summed E-state index contributed by atoms with van der Waals surface area (Å²) in [6, 6.07) is 10.1. The number of methoxy groups -OCH3 is 2. The Morgan fingerprint density at radius 3 is 2.50 bits per heavy atom. The maximum absolute atomic E-state index is 12.2. The van der Waals surface area contributed by atoms with Crippen LogP contribution >= 0.6 is 0 Å². The Morgan fingerprint density at radius 2 is 1.90 bits per heavy atom. The van der Waals surface area contributed by atoms with E-state index in [1.54, 1.807) is 6.07 Å². The highest BCUT2D eigenvalue weighted by Gasteiger charge is 2.22. The summed E-state index contributed by atoms with van der Waals surface area (Å²) in [5.74, 6) is -0.00894. The minimum Gasteiger partial charge on any atom is -0.493 e. The minimum atomic E-state index is -3.80. The second kappa shape index (κ2) is 9.69. The van der Waals surface area contributed by atoms with Crippen LogP contribution in [0.25, 0.3) is 0 Å². The molecule has 0 saturated heterocycles. The van der Waals surface area contributed by atoms with Crippen LogP contribution in [0.2, 0.25) is 0 Å². The molecule has 0 radical (unpaired) electrons. The maximum Gasteiger partial charge on any atom is 0.270 e. The molecule has 2 aromatic carbocycles. The summed E-state index contributed by atoms with van der Waals surface area (Å²) in [4.78, 5) is 22.5. The number of anilines is 1. The third kappa shape index (κ3) is 5.91. The van der Waals surface area contributed by atoms with Crippen molar-refractivity contribution < 1.29 is 27.6 Å². The summed E-state index contributed by atoms with van der Waals surface area (Å²) in [7, 11) is -0.953. The zero-order valence-electron chi connectivity index (χ0n) is 16.4. The van der Waals surface area contributed by atoms with Crippen molar-refractivity contribution in [2.45, 2.75) is 0 Å². The zero-order valence-corrected chi connectivity index (χ0v) is 17.3. The first-order valence-corrected chi connectivity index (χ1v) is 10.3. The fourth-order valence-electron chi connectivity index (χ4n) is 2.44. The van der Waals surface area contributed by atoms with Gasteiger partial charge in [0.15, 0.2) is 11.5 Å². The average Bonchev–Trinajstić information content (AvgIpc) is 2.71. The third-order valence-corrected chi connectivity index (χ3v) is 4.97. The zero-order chi connectivity index (χ0) is 22.3. The van der Waals surface area contributed by atoms with E-state index in [4.69, 9.17) is 9.47 Å². The predicted octanol–water partition coefficient (Wildman–Crippen LogP) is 1.53. The molecule has 0 bridgehead atoms. The highest BCUT2D eigenvalue weighted by atomic mass is 32.2. The maximum atomic E-state index is 12.2. The Morgan fingerprint density at radius 1 is 1.20 bits per heavy atom. The summed E-state index contributed by atoms with van der Waals surface area (Å²) in [6.45, 7) is -0.541. The normalized spacial score (nSPS) is 11.2. The Balaban J connectivity index is 2.15. The van der Waals surface area contributed by atoms with Gasteiger partial charge >= 0.3 is 0 Å². The minimum absolute atomic E-state index is 0.123. The standard InChI is InChI=1S/C18H20N4O7S/c1-28-16-8-7-14(10-17(16)29-2)21(30(3,26)27)12-18(23)20-19-11-13-5-4-6-15(9-13)22(24)25/h4-11H,12H2,1-3H3,(H,20,23)/b19-11-. The quantitative estimate of drug-likeness (QED) is 0.357. The van der Waals surface area contributed by atoms with E-state index in [9.17, 15) is 23.3 Å². The molecule has 12 heteroatoms. The van der Waals surface area contributed by atoms with Crippen LogP contribution in [0.15, 0.2) is 47.6 Å². The van der Waals surface area contributed by atoms with E-state index < -0.39 is 27.4 Å². The van der Waals surface area contributed by atoms with Crippen molar-refractivity contribution in [1.29, 1.82) is 0 Å². The topological polar surface area (TPSA) is 140 Å². The van der Waals surface area contributed by atoms with Crippen molar-refractivity contribution in [3.8, 4) is 11.5 Å². The average molecular weight is 436 g/mol. The fourth-order valence-corrected chi connectivity index (χ4v) is 3.29. The number of rotatable bonds is 9. The molecule has 1 N–H and O–H groups in total. The summed E-state index contributed by atoms with van der Waals surface area (Å²) in [6.07, 6.45) is 2.18. The van der Waals surface area contributed by atoms with Crippen molar-refractivity contribution >= 4 is 33.5 Å². The summed E-state index contributed by atoms with van der Waals surface area (Å²) < 4.78 is 35.6. The molecule has 2 rings (SSSR count). The highest BCUT2D eigenvalue weighted by Crippen LogP contribution is 2.32. The molecule has 0 fully saturated rings. The molecule has 0 aliphatic carbocycles. The largest absolute Gasteiger partial charge is 0.493 e. The summed E-state index contributed by atoms with van der Waals surface area (Å²) in [5.41, 5.74) is 2.67. The lowest BCUT2D eigenvalue weighted by Crippen LogP contribution is -2.39. The molecule has 11 nitrogen and oxygen atoms in total. The number of sulfonamides is 1. The first kappa shape index (κ1) is 22.6. The van der Waals surface area contributed by atoms with Crippen LogP contribution in [0, 0.1) is 10.1 Å². The number of carbonyl (C=O) groups is 1. The molecule has 0 saturated carbocycles. The highest BCUT2D eigenvalue weighted by molar-refractivity contribution is 7.92. The van der Waals surface area contributed by atoms with Crippen LogP contribution in [0.3, 0.4) is 0 Å². The van der Waals surface area contributed by atoms with Crippen molar-refractivity contribution in [2.75, 3.05) is 31.3 Å². The van der Waals surface area contributed by atoms with Gasteiger partial charge in [-0.15, -0.1) is 0 Å². The van der Waals surface area contributed by atoms with Gasteiger partial charge in [0.1, 0.15) is 6.54 Å². The molecule has 2 aromatic rings. The van der Waals surface area contributed by atoms with Gasteiger partial charge in [0.05, 0.1) is 37.3 Å². The lowest BCUT2D eigenvalue weighted by Gasteiger charge is -2.22. The van der Waals surface area contributed by atoms with Crippen LogP contribution in [-0.4, -0.2) is 52.5 Å². The number of amides is 1. The smallest absolute Gasteiger partial charge is 0.270 e. The fraction of sp³-hybridized carbons (Fsp3) is 0.222. The van der Waals surface area contributed by atoms with E-state index in [1.165, 1.54) is 56.8 Å². The second-order valence-corrected chi connectivity index (χ2v) is 7.86. The number of benzene rings is 2. The first-order chi connectivity index (χ1) is 14.2. The van der Waals surface area contributed by atoms with Gasteiger partial charge in [-0.05, 0) is 12.1 Å². The number of hydrazone groups is 1. The summed E-state index contributed by atoms with van der Waals surface area (Å²) >= 11 is 0. The van der Waals surface area contributed by atoms with Crippen LogP contribution in [-0.2, 0) is 14.8 Å².